The van der Waals surface area contributed by atoms with E-state index in [1.807, 2.05) is 0 Å². The molecule has 0 fully saturated rings. The number of benzene rings is 2. The molecular weight excluding hydrogens is 353 g/mol. The predicted molar refractivity (Wildman–Crippen MR) is 97.3 cm³/mol. The van der Waals surface area contributed by atoms with Gasteiger partial charge in [-0.05, 0) is 18.2 Å². The number of para-hydroxylation sites is 2. The SMILES string of the molecule is O=C(Nc1ccccc1[N+](=O)[O-])c1ccc(=O)n(Cc2ccccc2F)c1. The number of nitrogens with one attached hydrogen (secondary N) is 1. The summed E-state index contributed by atoms with van der Waals surface area (Å²) >= 11 is 0. The molecule has 136 valence electrons. The molecule has 7 nitrogen and oxygen atoms in total. The normalized spacial score (nSPS) is 10.4. The molecule has 0 spiro atoms. The number of nitro groups is 1. The van der Waals surface area contributed by atoms with Gasteiger partial charge >= 0.3 is 0 Å². The Morgan fingerprint density at radius 1 is 1.07 bits per heavy atom. The van der Waals surface area contributed by atoms with Gasteiger partial charge in [-0.25, -0.2) is 4.39 Å². The molecule has 0 saturated carbocycles. The third-order valence-electron chi connectivity index (χ3n) is 3.89. The molecule has 1 amide bonds. The van der Waals surface area contributed by atoms with Crippen LogP contribution in [0.15, 0.2) is 71.7 Å². The van der Waals surface area contributed by atoms with Crippen LogP contribution in [0.4, 0.5) is 15.8 Å². The van der Waals surface area contributed by atoms with Crippen LogP contribution < -0.4 is 10.9 Å². The number of nitro benzene ring substituents is 1. The molecule has 0 saturated heterocycles. The maximum absolute atomic E-state index is 13.8. The first-order chi connectivity index (χ1) is 13.0. The molecule has 27 heavy (non-hydrogen) atoms. The van der Waals surface area contributed by atoms with Crippen LogP contribution in [0.3, 0.4) is 0 Å². The summed E-state index contributed by atoms with van der Waals surface area (Å²) in [6.45, 7) is -0.0435. The minimum Gasteiger partial charge on any atom is -0.316 e. The lowest BCUT2D eigenvalue weighted by atomic mass is 10.2. The molecular formula is C19H14FN3O4. The lowest BCUT2D eigenvalue weighted by molar-refractivity contribution is -0.383. The van der Waals surface area contributed by atoms with Crippen molar-refractivity contribution >= 4 is 17.3 Å². The fourth-order valence-corrected chi connectivity index (χ4v) is 2.53. The Hall–Kier alpha value is -3.81. The minimum atomic E-state index is -0.619. The summed E-state index contributed by atoms with van der Waals surface area (Å²) in [7, 11) is 0. The van der Waals surface area contributed by atoms with Crippen LogP contribution in [0.25, 0.3) is 0 Å². The van der Waals surface area contributed by atoms with Crippen molar-refractivity contribution < 1.29 is 14.1 Å². The van der Waals surface area contributed by atoms with E-state index in [0.29, 0.717) is 5.56 Å². The van der Waals surface area contributed by atoms with Gasteiger partial charge in [0.1, 0.15) is 11.5 Å². The Balaban J connectivity index is 1.88. The highest BCUT2D eigenvalue weighted by molar-refractivity contribution is 6.05. The van der Waals surface area contributed by atoms with E-state index >= 15 is 0 Å². The number of rotatable bonds is 5. The van der Waals surface area contributed by atoms with Crippen LogP contribution in [0.5, 0.6) is 0 Å². The average molecular weight is 367 g/mol. The summed E-state index contributed by atoms with van der Waals surface area (Å²) in [6.07, 6.45) is 1.29. The molecule has 0 aliphatic rings. The summed E-state index contributed by atoms with van der Waals surface area (Å²) in [5.41, 5.74) is -0.190. The van der Waals surface area contributed by atoms with E-state index < -0.39 is 22.2 Å². The van der Waals surface area contributed by atoms with E-state index in [-0.39, 0.29) is 23.5 Å². The zero-order valence-electron chi connectivity index (χ0n) is 14.0. The number of carbonyl (C=O) groups is 1. The molecule has 0 unspecified atom stereocenters. The van der Waals surface area contributed by atoms with Crippen LogP contribution in [0.2, 0.25) is 0 Å². The van der Waals surface area contributed by atoms with Crippen molar-refractivity contribution in [1.82, 2.24) is 4.57 Å². The Kier molecular flexibility index (Phi) is 5.07. The van der Waals surface area contributed by atoms with Crippen LogP contribution in [-0.2, 0) is 6.54 Å². The molecule has 3 aromatic rings. The zero-order valence-corrected chi connectivity index (χ0v) is 14.0. The van der Waals surface area contributed by atoms with Gasteiger partial charge in [-0.3, -0.25) is 19.7 Å². The minimum absolute atomic E-state index is 0.0411. The number of anilines is 1. The van der Waals surface area contributed by atoms with Gasteiger partial charge in [0.2, 0.25) is 0 Å². The molecule has 0 bridgehead atoms. The summed E-state index contributed by atoms with van der Waals surface area (Å²) in [5, 5.41) is 13.5. The third-order valence-corrected chi connectivity index (χ3v) is 3.89. The molecule has 1 heterocycles. The van der Waals surface area contributed by atoms with E-state index in [1.54, 1.807) is 18.2 Å². The predicted octanol–water partition coefficient (Wildman–Crippen LogP) is 3.20. The van der Waals surface area contributed by atoms with Gasteiger partial charge in [-0.15, -0.1) is 0 Å². The van der Waals surface area contributed by atoms with Gasteiger partial charge < -0.3 is 9.88 Å². The molecule has 0 aliphatic carbocycles. The number of carbonyl (C=O) groups excluding carboxylic acids is 1. The lowest BCUT2D eigenvalue weighted by Gasteiger charge is -2.10. The van der Waals surface area contributed by atoms with Crippen molar-refractivity contribution in [1.29, 1.82) is 0 Å². The standard InChI is InChI=1S/C19H14FN3O4/c20-15-6-2-1-5-13(15)11-22-12-14(9-10-18(22)24)19(25)21-16-7-3-4-8-17(16)23(26)27/h1-10,12H,11H2,(H,21,25). The third kappa shape index (κ3) is 4.06. The van der Waals surface area contributed by atoms with Gasteiger partial charge in [0.25, 0.3) is 17.2 Å². The Bertz CT molecular complexity index is 1080. The molecule has 1 aromatic heterocycles. The summed E-state index contributed by atoms with van der Waals surface area (Å²) in [6, 6.07) is 14.2. The first-order valence-electron chi connectivity index (χ1n) is 7.94. The van der Waals surface area contributed by atoms with Crippen LogP contribution in [-0.4, -0.2) is 15.4 Å². The Morgan fingerprint density at radius 3 is 2.52 bits per heavy atom. The molecule has 2 aromatic carbocycles. The number of pyridine rings is 1. The van der Waals surface area contributed by atoms with E-state index in [9.17, 15) is 24.1 Å². The summed E-state index contributed by atoms with van der Waals surface area (Å²) < 4.78 is 15.0. The van der Waals surface area contributed by atoms with E-state index in [1.165, 1.54) is 53.2 Å². The second-order valence-corrected chi connectivity index (χ2v) is 5.70. The molecule has 0 aliphatic heterocycles. The van der Waals surface area contributed by atoms with Gasteiger partial charge in [0, 0.05) is 23.9 Å². The van der Waals surface area contributed by atoms with Crippen molar-refractivity contribution in [3.63, 3.8) is 0 Å². The second-order valence-electron chi connectivity index (χ2n) is 5.70. The van der Waals surface area contributed by atoms with Crippen molar-refractivity contribution in [2.75, 3.05) is 5.32 Å². The van der Waals surface area contributed by atoms with Crippen molar-refractivity contribution in [2.24, 2.45) is 0 Å². The molecule has 0 radical (unpaired) electrons. The van der Waals surface area contributed by atoms with Gasteiger partial charge in [0.15, 0.2) is 0 Å². The fraction of sp³-hybridized carbons (Fsp3) is 0.0526. The lowest BCUT2D eigenvalue weighted by Crippen LogP contribution is -2.23. The van der Waals surface area contributed by atoms with Crippen LogP contribution in [0.1, 0.15) is 15.9 Å². The molecule has 0 atom stereocenters. The highest BCUT2D eigenvalue weighted by atomic mass is 19.1. The fourth-order valence-electron chi connectivity index (χ4n) is 2.53. The number of aromatic nitrogens is 1. The number of hydrogen-bond donors (Lipinski definition) is 1. The summed E-state index contributed by atoms with van der Waals surface area (Å²) in [4.78, 5) is 34.9. The Morgan fingerprint density at radius 2 is 1.78 bits per heavy atom. The smallest absolute Gasteiger partial charge is 0.292 e. The van der Waals surface area contributed by atoms with Gasteiger partial charge in [-0.2, -0.15) is 0 Å². The van der Waals surface area contributed by atoms with E-state index in [0.717, 1.165) is 0 Å². The van der Waals surface area contributed by atoms with Gasteiger partial charge in [-0.1, -0.05) is 30.3 Å². The van der Waals surface area contributed by atoms with Crippen LogP contribution >= 0.6 is 0 Å². The number of amides is 1. The first kappa shape index (κ1) is 18.0. The highest BCUT2D eigenvalue weighted by Gasteiger charge is 2.16. The largest absolute Gasteiger partial charge is 0.316 e. The van der Waals surface area contributed by atoms with Crippen molar-refractivity contribution in [3.05, 3.63) is 104 Å². The Labute approximate surface area is 152 Å². The van der Waals surface area contributed by atoms with Gasteiger partial charge in [0.05, 0.1) is 17.0 Å². The highest BCUT2D eigenvalue weighted by Crippen LogP contribution is 2.23. The maximum atomic E-state index is 13.8. The molecule has 8 heteroatoms. The van der Waals surface area contributed by atoms with E-state index in [4.69, 9.17) is 0 Å². The topological polar surface area (TPSA) is 94.2 Å². The number of nitrogens with zero attached hydrogens (tertiary/aromatic N) is 2. The quantitative estimate of drug-likeness (QED) is 0.553. The maximum Gasteiger partial charge on any atom is 0.292 e. The van der Waals surface area contributed by atoms with Crippen molar-refractivity contribution in [3.8, 4) is 0 Å². The monoisotopic (exact) mass is 367 g/mol. The van der Waals surface area contributed by atoms with E-state index in [2.05, 4.69) is 5.32 Å². The number of halogens is 1. The average Bonchev–Trinajstić information content (AvgIpc) is 2.65. The number of hydrogen-bond acceptors (Lipinski definition) is 4. The molecule has 1 N–H and O–H groups in total. The summed E-state index contributed by atoms with van der Waals surface area (Å²) in [5.74, 6) is -1.08. The van der Waals surface area contributed by atoms with Crippen molar-refractivity contribution in [2.45, 2.75) is 6.54 Å². The van der Waals surface area contributed by atoms with Crippen LogP contribution in [0, 0.1) is 15.9 Å². The zero-order chi connectivity index (χ0) is 19.4. The second kappa shape index (κ2) is 7.61. The molecule has 3 rings (SSSR count). The first-order valence-corrected chi connectivity index (χ1v) is 7.94.